The lowest BCUT2D eigenvalue weighted by atomic mass is 9.85. The average molecular weight is 224 g/mol. The SMILES string of the molecule is O=C(O)C1CCC(N2C=CCNC2=O)CC1. The Morgan fingerprint density at radius 2 is 2.06 bits per heavy atom. The molecule has 0 saturated heterocycles. The minimum atomic E-state index is -0.711. The molecule has 88 valence electrons. The Morgan fingerprint density at radius 1 is 1.38 bits per heavy atom. The molecule has 1 heterocycles. The van der Waals surface area contributed by atoms with Gasteiger partial charge in [-0.15, -0.1) is 0 Å². The minimum Gasteiger partial charge on any atom is -0.481 e. The molecule has 0 spiro atoms. The number of nitrogens with one attached hydrogen (secondary N) is 1. The lowest BCUT2D eigenvalue weighted by molar-refractivity contribution is -0.143. The fourth-order valence-electron chi connectivity index (χ4n) is 2.36. The van der Waals surface area contributed by atoms with Crippen LogP contribution in [-0.2, 0) is 4.79 Å². The van der Waals surface area contributed by atoms with E-state index in [1.54, 1.807) is 4.90 Å². The maximum Gasteiger partial charge on any atom is 0.321 e. The average Bonchev–Trinajstić information content (AvgIpc) is 2.30. The van der Waals surface area contributed by atoms with Crippen molar-refractivity contribution in [1.82, 2.24) is 10.2 Å². The molecule has 2 amide bonds. The molecule has 2 rings (SSSR count). The largest absolute Gasteiger partial charge is 0.481 e. The highest BCUT2D eigenvalue weighted by Crippen LogP contribution is 2.28. The van der Waals surface area contributed by atoms with Gasteiger partial charge in [-0.3, -0.25) is 9.69 Å². The normalized spacial score (nSPS) is 30.0. The highest BCUT2D eigenvalue weighted by Gasteiger charge is 2.31. The Kier molecular flexibility index (Phi) is 3.12. The highest BCUT2D eigenvalue weighted by atomic mass is 16.4. The Morgan fingerprint density at radius 3 is 2.62 bits per heavy atom. The molecule has 0 aromatic carbocycles. The van der Waals surface area contributed by atoms with E-state index in [9.17, 15) is 9.59 Å². The first kappa shape index (κ1) is 11.0. The fourth-order valence-corrected chi connectivity index (χ4v) is 2.36. The van der Waals surface area contributed by atoms with Crippen molar-refractivity contribution in [2.24, 2.45) is 5.92 Å². The second-order valence-corrected chi connectivity index (χ2v) is 4.32. The molecule has 0 aromatic heterocycles. The first-order valence-electron chi connectivity index (χ1n) is 5.64. The van der Waals surface area contributed by atoms with E-state index in [0.717, 1.165) is 12.8 Å². The van der Waals surface area contributed by atoms with Gasteiger partial charge in [0, 0.05) is 18.8 Å². The van der Waals surface area contributed by atoms with Crippen LogP contribution in [0.5, 0.6) is 0 Å². The number of aliphatic carboxylic acids is 1. The van der Waals surface area contributed by atoms with Gasteiger partial charge in [0.2, 0.25) is 0 Å². The molecule has 0 bridgehead atoms. The number of amides is 2. The summed E-state index contributed by atoms with van der Waals surface area (Å²) in [5.74, 6) is -0.940. The Balaban J connectivity index is 1.93. The molecule has 1 aliphatic heterocycles. The molecule has 5 nitrogen and oxygen atoms in total. The minimum absolute atomic E-state index is 0.0683. The summed E-state index contributed by atoms with van der Waals surface area (Å²) < 4.78 is 0. The van der Waals surface area contributed by atoms with E-state index < -0.39 is 5.97 Å². The Hall–Kier alpha value is -1.52. The molecule has 5 heteroatoms. The van der Waals surface area contributed by atoms with Crippen molar-refractivity contribution in [3.63, 3.8) is 0 Å². The maximum absolute atomic E-state index is 11.6. The van der Waals surface area contributed by atoms with Crippen LogP contribution in [0.1, 0.15) is 25.7 Å². The fraction of sp³-hybridized carbons (Fsp3) is 0.636. The lowest BCUT2D eigenvalue weighted by Gasteiger charge is -2.35. The van der Waals surface area contributed by atoms with Crippen molar-refractivity contribution in [2.75, 3.05) is 6.54 Å². The standard InChI is InChI=1S/C11H16N2O3/c14-10(15)8-2-4-9(5-3-8)13-7-1-6-12-11(13)16/h1,7-9H,2-6H2,(H,12,16)(H,14,15). The number of carbonyl (C=O) groups excluding carboxylic acids is 1. The van der Waals surface area contributed by atoms with Gasteiger partial charge in [-0.1, -0.05) is 0 Å². The van der Waals surface area contributed by atoms with Gasteiger partial charge in [-0.25, -0.2) is 4.79 Å². The second kappa shape index (κ2) is 4.55. The molecule has 1 fully saturated rings. The molecule has 2 aliphatic rings. The van der Waals surface area contributed by atoms with Gasteiger partial charge >= 0.3 is 12.0 Å². The molecule has 0 aromatic rings. The van der Waals surface area contributed by atoms with E-state index in [-0.39, 0.29) is 18.0 Å². The number of rotatable bonds is 2. The van der Waals surface area contributed by atoms with Crippen LogP contribution < -0.4 is 5.32 Å². The molecule has 1 aliphatic carbocycles. The zero-order valence-corrected chi connectivity index (χ0v) is 9.06. The zero-order valence-electron chi connectivity index (χ0n) is 9.06. The van der Waals surface area contributed by atoms with Gasteiger partial charge in [0.1, 0.15) is 0 Å². The number of nitrogens with zero attached hydrogens (tertiary/aromatic N) is 1. The molecular formula is C11H16N2O3. The van der Waals surface area contributed by atoms with Gasteiger partial charge < -0.3 is 10.4 Å². The van der Waals surface area contributed by atoms with Crippen LogP contribution in [0.3, 0.4) is 0 Å². The summed E-state index contributed by atoms with van der Waals surface area (Å²) in [6.45, 7) is 0.583. The van der Waals surface area contributed by atoms with Crippen molar-refractivity contribution < 1.29 is 14.7 Å². The van der Waals surface area contributed by atoms with Gasteiger partial charge in [0.05, 0.1) is 5.92 Å². The third-order valence-electron chi connectivity index (χ3n) is 3.31. The van der Waals surface area contributed by atoms with E-state index in [1.807, 2.05) is 12.3 Å². The van der Waals surface area contributed by atoms with Crippen LogP contribution in [0.15, 0.2) is 12.3 Å². The summed E-state index contributed by atoms with van der Waals surface area (Å²) in [6.07, 6.45) is 6.59. The number of carboxylic acids is 1. The van der Waals surface area contributed by atoms with Crippen LogP contribution in [0.25, 0.3) is 0 Å². The van der Waals surface area contributed by atoms with Crippen molar-refractivity contribution in [3.05, 3.63) is 12.3 Å². The zero-order chi connectivity index (χ0) is 11.5. The predicted octanol–water partition coefficient (Wildman–Crippen LogP) is 1.17. The van der Waals surface area contributed by atoms with Crippen LogP contribution in [-0.4, -0.2) is 34.6 Å². The van der Waals surface area contributed by atoms with E-state index in [2.05, 4.69) is 5.32 Å². The van der Waals surface area contributed by atoms with E-state index in [4.69, 9.17) is 5.11 Å². The summed E-state index contributed by atoms with van der Waals surface area (Å²) in [5, 5.41) is 11.6. The third kappa shape index (κ3) is 2.18. The number of carbonyl (C=O) groups is 2. The molecule has 0 radical (unpaired) electrons. The molecular weight excluding hydrogens is 208 g/mol. The van der Waals surface area contributed by atoms with Gasteiger partial charge in [0.15, 0.2) is 0 Å². The predicted molar refractivity (Wildman–Crippen MR) is 57.8 cm³/mol. The quantitative estimate of drug-likeness (QED) is 0.739. The van der Waals surface area contributed by atoms with Crippen molar-refractivity contribution in [2.45, 2.75) is 31.7 Å². The molecule has 16 heavy (non-hydrogen) atoms. The van der Waals surface area contributed by atoms with Crippen LogP contribution in [0, 0.1) is 5.92 Å². The first-order valence-corrected chi connectivity index (χ1v) is 5.64. The number of hydrogen-bond acceptors (Lipinski definition) is 2. The maximum atomic E-state index is 11.6. The topological polar surface area (TPSA) is 69.6 Å². The first-order chi connectivity index (χ1) is 7.68. The molecule has 2 N–H and O–H groups in total. The third-order valence-corrected chi connectivity index (χ3v) is 3.31. The van der Waals surface area contributed by atoms with E-state index >= 15 is 0 Å². The van der Waals surface area contributed by atoms with Gasteiger partial charge in [-0.05, 0) is 31.8 Å². The van der Waals surface area contributed by atoms with Crippen LogP contribution >= 0.6 is 0 Å². The summed E-state index contributed by atoms with van der Waals surface area (Å²) in [5.41, 5.74) is 0. The second-order valence-electron chi connectivity index (χ2n) is 4.32. The van der Waals surface area contributed by atoms with Crippen molar-refractivity contribution in [3.8, 4) is 0 Å². The summed E-state index contributed by atoms with van der Waals surface area (Å²) >= 11 is 0. The Bertz CT molecular complexity index is 319. The molecule has 1 saturated carbocycles. The number of urea groups is 1. The van der Waals surface area contributed by atoms with E-state index in [1.165, 1.54) is 0 Å². The monoisotopic (exact) mass is 224 g/mol. The number of hydrogen-bond donors (Lipinski definition) is 2. The van der Waals surface area contributed by atoms with Gasteiger partial charge in [-0.2, -0.15) is 0 Å². The van der Waals surface area contributed by atoms with Crippen LogP contribution in [0.2, 0.25) is 0 Å². The molecule has 0 atom stereocenters. The Labute approximate surface area is 94.1 Å². The summed E-state index contributed by atoms with van der Waals surface area (Å²) in [4.78, 5) is 24.0. The van der Waals surface area contributed by atoms with E-state index in [0.29, 0.717) is 19.4 Å². The summed E-state index contributed by atoms with van der Waals surface area (Å²) in [6, 6.07) is 0.0911. The van der Waals surface area contributed by atoms with Crippen LogP contribution in [0.4, 0.5) is 4.79 Å². The molecule has 0 unspecified atom stereocenters. The van der Waals surface area contributed by atoms with Crippen molar-refractivity contribution in [1.29, 1.82) is 0 Å². The lowest BCUT2D eigenvalue weighted by Crippen LogP contribution is -2.47. The number of carboxylic acid groups (broad SMARTS) is 1. The highest BCUT2D eigenvalue weighted by molar-refractivity contribution is 5.77. The van der Waals surface area contributed by atoms with Crippen molar-refractivity contribution >= 4 is 12.0 Å². The smallest absolute Gasteiger partial charge is 0.321 e. The van der Waals surface area contributed by atoms with Gasteiger partial charge in [0.25, 0.3) is 0 Å². The summed E-state index contributed by atoms with van der Waals surface area (Å²) in [7, 11) is 0.